The molecule has 1 aromatic heterocycles. The average Bonchev–Trinajstić information content (AvgIpc) is 2.15. The Morgan fingerprint density at radius 3 is 2.47 bits per heavy atom. The molecule has 0 amide bonds. The lowest BCUT2D eigenvalue weighted by Crippen LogP contribution is -2.23. The summed E-state index contributed by atoms with van der Waals surface area (Å²) in [5.74, 6) is 0.603. The van der Waals surface area contributed by atoms with Gasteiger partial charge in [-0.25, -0.2) is 4.98 Å². The normalized spacial score (nSPS) is 13.8. The maximum absolute atomic E-state index is 5.53. The third-order valence-electron chi connectivity index (χ3n) is 2.35. The van der Waals surface area contributed by atoms with Crippen LogP contribution in [0.15, 0.2) is 12.4 Å². The topological polar surface area (TPSA) is 35.0 Å². The van der Waals surface area contributed by atoms with E-state index in [0.717, 1.165) is 12.1 Å². The number of nitrogens with zero attached hydrogens (tertiary/aromatic N) is 2. The number of halogens is 1. The van der Waals surface area contributed by atoms with Gasteiger partial charge in [0.05, 0.1) is 18.0 Å². The molecule has 0 saturated carbocycles. The van der Waals surface area contributed by atoms with Gasteiger partial charge in [-0.3, -0.25) is 4.98 Å². The van der Waals surface area contributed by atoms with Gasteiger partial charge in [-0.05, 0) is 19.3 Å². The highest BCUT2D eigenvalue weighted by atomic mass is 79.9. The second kappa shape index (κ2) is 5.80. The van der Waals surface area contributed by atoms with Crippen molar-refractivity contribution >= 4 is 15.9 Å². The molecule has 0 radical (unpaired) electrons. The zero-order chi connectivity index (χ0) is 13.1. The van der Waals surface area contributed by atoms with E-state index in [-0.39, 0.29) is 11.5 Å². The highest BCUT2D eigenvalue weighted by molar-refractivity contribution is 9.09. The third kappa shape index (κ3) is 5.02. The lowest BCUT2D eigenvalue weighted by Gasteiger charge is -2.25. The summed E-state index contributed by atoms with van der Waals surface area (Å²) in [5, 5.41) is 0. The van der Waals surface area contributed by atoms with Crippen LogP contribution in [0.4, 0.5) is 0 Å². The van der Waals surface area contributed by atoms with Crippen molar-refractivity contribution in [1.29, 1.82) is 0 Å². The Balaban J connectivity index is 2.72. The number of hydrogen-bond donors (Lipinski definition) is 0. The minimum absolute atomic E-state index is 0.127. The van der Waals surface area contributed by atoms with Crippen molar-refractivity contribution in [3.63, 3.8) is 0 Å². The van der Waals surface area contributed by atoms with Gasteiger partial charge in [0.15, 0.2) is 0 Å². The molecule has 1 aromatic rings. The first-order valence-corrected chi connectivity index (χ1v) is 6.82. The number of ether oxygens (including phenoxy) is 1. The van der Waals surface area contributed by atoms with Crippen molar-refractivity contribution in [3.05, 3.63) is 18.1 Å². The van der Waals surface area contributed by atoms with Gasteiger partial charge < -0.3 is 4.74 Å². The molecule has 0 aliphatic carbocycles. The van der Waals surface area contributed by atoms with E-state index < -0.39 is 0 Å². The summed E-state index contributed by atoms with van der Waals surface area (Å²) in [6.07, 6.45) is 4.44. The zero-order valence-corrected chi connectivity index (χ0v) is 12.8. The molecule has 0 spiro atoms. The molecule has 17 heavy (non-hydrogen) atoms. The molecule has 0 saturated heterocycles. The van der Waals surface area contributed by atoms with E-state index in [9.17, 15) is 0 Å². The van der Waals surface area contributed by atoms with Crippen LogP contribution in [-0.2, 0) is 6.42 Å². The predicted octanol–water partition coefficient (Wildman–Crippen LogP) is 3.62. The van der Waals surface area contributed by atoms with Gasteiger partial charge in [0.25, 0.3) is 0 Å². The van der Waals surface area contributed by atoms with Crippen molar-refractivity contribution < 1.29 is 4.74 Å². The Hall–Kier alpha value is -0.640. The smallest absolute Gasteiger partial charge is 0.232 e. The first kappa shape index (κ1) is 14.4. The lowest BCUT2D eigenvalue weighted by atomic mass is 9.90. The molecule has 1 atom stereocenters. The van der Waals surface area contributed by atoms with E-state index >= 15 is 0 Å². The van der Waals surface area contributed by atoms with Gasteiger partial charge in [0.1, 0.15) is 0 Å². The Labute approximate surface area is 112 Å². The van der Waals surface area contributed by atoms with Crippen LogP contribution in [-0.4, -0.2) is 20.9 Å². The van der Waals surface area contributed by atoms with Crippen LogP contribution < -0.4 is 4.74 Å². The molecule has 3 nitrogen and oxygen atoms in total. The molecule has 0 fully saturated rings. The minimum atomic E-state index is 0.127. The van der Waals surface area contributed by atoms with Gasteiger partial charge in [-0.15, -0.1) is 0 Å². The van der Waals surface area contributed by atoms with Crippen LogP contribution in [0.2, 0.25) is 0 Å². The maximum Gasteiger partial charge on any atom is 0.232 e. The van der Waals surface area contributed by atoms with Crippen LogP contribution in [0.5, 0.6) is 5.88 Å². The van der Waals surface area contributed by atoms with Gasteiger partial charge in [0.2, 0.25) is 5.88 Å². The molecule has 0 aliphatic heterocycles. The van der Waals surface area contributed by atoms with Crippen LogP contribution >= 0.6 is 15.9 Å². The van der Waals surface area contributed by atoms with Crippen molar-refractivity contribution in [2.45, 2.75) is 52.0 Å². The Kier molecular flexibility index (Phi) is 4.92. The van der Waals surface area contributed by atoms with Crippen LogP contribution in [0.1, 0.15) is 40.3 Å². The van der Waals surface area contributed by atoms with Crippen molar-refractivity contribution in [3.8, 4) is 5.88 Å². The summed E-state index contributed by atoms with van der Waals surface area (Å²) >= 11 is 3.70. The van der Waals surface area contributed by atoms with Crippen molar-refractivity contribution in [1.82, 2.24) is 9.97 Å². The lowest BCUT2D eigenvalue weighted by molar-refractivity contribution is 0.230. The van der Waals surface area contributed by atoms with Gasteiger partial charge in [0, 0.05) is 17.4 Å². The van der Waals surface area contributed by atoms with E-state index in [1.54, 1.807) is 12.4 Å². The van der Waals surface area contributed by atoms with E-state index in [0.29, 0.717) is 10.7 Å². The number of rotatable bonds is 4. The molecule has 0 aliphatic rings. The molecule has 96 valence electrons. The molecular weight excluding hydrogens is 280 g/mol. The third-order valence-corrected chi connectivity index (χ3v) is 4.04. The summed E-state index contributed by atoms with van der Waals surface area (Å²) in [6.45, 7) is 10.6. The monoisotopic (exact) mass is 300 g/mol. The van der Waals surface area contributed by atoms with Crippen LogP contribution in [0.3, 0.4) is 0 Å². The summed E-state index contributed by atoms with van der Waals surface area (Å²) in [5.41, 5.74) is 1.16. The second-order valence-electron chi connectivity index (χ2n) is 5.55. The molecule has 0 aromatic carbocycles. The van der Waals surface area contributed by atoms with E-state index in [1.807, 2.05) is 13.8 Å². The standard InChI is InChI=1S/C13H21BrN2O/c1-9(2)17-12-8-15-7-10(16-12)6-11(14)13(3,4)5/h7-9,11H,6H2,1-5H3. The van der Waals surface area contributed by atoms with E-state index in [2.05, 4.69) is 46.7 Å². The fraction of sp³-hybridized carbons (Fsp3) is 0.692. The predicted molar refractivity (Wildman–Crippen MR) is 73.7 cm³/mol. The first-order valence-electron chi connectivity index (χ1n) is 5.90. The van der Waals surface area contributed by atoms with Crippen LogP contribution in [0.25, 0.3) is 0 Å². The maximum atomic E-state index is 5.53. The number of alkyl halides is 1. The fourth-order valence-electron chi connectivity index (χ4n) is 1.27. The Bertz CT molecular complexity index is 361. The SMILES string of the molecule is CC(C)Oc1cncc(CC(Br)C(C)(C)C)n1. The summed E-state index contributed by atoms with van der Waals surface area (Å²) < 4.78 is 5.53. The summed E-state index contributed by atoms with van der Waals surface area (Å²) in [6, 6.07) is 0. The fourth-order valence-corrected chi connectivity index (χ4v) is 1.60. The highest BCUT2D eigenvalue weighted by Gasteiger charge is 2.22. The molecule has 0 bridgehead atoms. The van der Waals surface area contributed by atoms with Crippen molar-refractivity contribution in [2.75, 3.05) is 0 Å². The highest BCUT2D eigenvalue weighted by Crippen LogP contribution is 2.28. The molecule has 0 N–H and O–H groups in total. The largest absolute Gasteiger partial charge is 0.474 e. The van der Waals surface area contributed by atoms with Gasteiger partial charge in [-0.2, -0.15) is 0 Å². The zero-order valence-electron chi connectivity index (χ0n) is 11.2. The van der Waals surface area contributed by atoms with Crippen LogP contribution in [0, 0.1) is 5.41 Å². The van der Waals surface area contributed by atoms with E-state index in [4.69, 9.17) is 4.74 Å². The molecule has 1 rings (SSSR count). The number of hydrogen-bond acceptors (Lipinski definition) is 3. The summed E-state index contributed by atoms with van der Waals surface area (Å²) in [4.78, 5) is 8.99. The van der Waals surface area contributed by atoms with E-state index in [1.165, 1.54) is 0 Å². The molecular formula is C13H21BrN2O. The van der Waals surface area contributed by atoms with Gasteiger partial charge in [-0.1, -0.05) is 36.7 Å². The molecule has 1 unspecified atom stereocenters. The van der Waals surface area contributed by atoms with Gasteiger partial charge >= 0.3 is 0 Å². The Morgan fingerprint density at radius 1 is 1.29 bits per heavy atom. The van der Waals surface area contributed by atoms with Crippen molar-refractivity contribution in [2.24, 2.45) is 5.41 Å². The second-order valence-corrected chi connectivity index (χ2v) is 6.66. The first-order chi connectivity index (χ1) is 7.79. The molecule has 4 heteroatoms. The summed E-state index contributed by atoms with van der Waals surface area (Å²) in [7, 11) is 0. The number of aromatic nitrogens is 2. The average molecular weight is 301 g/mol. The Morgan fingerprint density at radius 2 is 1.94 bits per heavy atom. The minimum Gasteiger partial charge on any atom is -0.474 e. The molecule has 1 heterocycles. The quantitative estimate of drug-likeness (QED) is 0.797.